The zero-order valence-electron chi connectivity index (χ0n) is 15.2. The predicted octanol–water partition coefficient (Wildman–Crippen LogP) is 1.43. The molecule has 0 bridgehead atoms. The van der Waals surface area contributed by atoms with Crippen LogP contribution in [0.4, 0.5) is 0 Å². The first-order valence-corrected chi connectivity index (χ1v) is 9.58. The second-order valence-electron chi connectivity index (χ2n) is 5.98. The molecular weight excluding hydrogens is 372 g/mol. The molecule has 0 radical (unpaired) electrons. The number of aromatic hydroxyl groups is 2. The van der Waals surface area contributed by atoms with Crippen LogP contribution in [0.25, 0.3) is 0 Å². The second kappa shape index (κ2) is 8.28. The van der Waals surface area contributed by atoms with Gasteiger partial charge in [0.25, 0.3) is 5.91 Å². The quantitative estimate of drug-likeness (QED) is 0.527. The minimum atomic E-state index is -3.82. The Balaban J connectivity index is 2.00. The summed E-state index contributed by atoms with van der Waals surface area (Å²) in [4.78, 5) is 12.0. The first-order valence-electron chi connectivity index (χ1n) is 8.10. The van der Waals surface area contributed by atoms with Crippen LogP contribution in [0.15, 0.2) is 35.2 Å². The summed E-state index contributed by atoms with van der Waals surface area (Å²) in [5.74, 6) is -0.806. The van der Waals surface area contributed by atoms with E-state index in [1.54, 1.807) is 13.0 Å². The van der Waals surface area contributed by atoms with Gasteiger partial charge in [-0.15, -0.1) is 0 Å². The molecule has 0 spiro atoms. The third kappa shape index (κ3) is 5.11. The molecule has 0 saturated carbocycles. The normalized spacial score (nSPS) is 11.2. The molecule has 1 amide bonds. The van der Waals surface area contributed by atoms with Gasteiger partial charge in [-0.05, 0) is 49.2 Å². The van der Waals surface area contributed by atoms with E-state index in [0.29, 0.717) is 0 Å². The number of ether oxygens (including phenoxy) is 1. The molecule has 4 N–H and O–H groups in total. The Morgan fingerprint density at radius 3 is 2.19 bits per heavy atom. The molecule has 9 heteroatoms. The van der Waals surface area contributed by atoms with Gasteiger partial charge in [0.05, 0.1) is 7.11 Å². The van der Waals surface area contributed by atoms with Crippen LogP contribution in [0, 0.1) is 13.8 Å². The Labute approximate surface area is 157 Å². The molecule has 0 heterocycles. The van der Waals surface area contributed by atoms with E-state index in [1.165, 1.54) is 25.3 Å². The van der Waals surface area contributed by atoms with Gasteiger partial charge in [-0.2, -0.15) is 0 Å². The fraction of sp³-hybridized carbons (Fsp3) is 0.278. The molecule has 146 valence electrons. The van der Waals surface area contributed by atoms with Crippen molar-refractivity contribution in [2.24, 2.45) is 0 Å². The monoisotopic (exact) mass is 394 g/mol. The molecule has 27 heavy (non-hydrogen) atoms. The summed E-state index contributed by atoms with van der Waals surface area (Å²) in [5.41, 5.74) is 1.78. The van der Waals surface area contributed by atoms with Crippen LogP contribution in [0.3, 0.4) is 0 Å². The standard InChI is InChI=1S/C18H22N2O6S/c1-11-6-16(26-3)17(7-12(11)2)27(24,25)20-5-4-19-18(23)13-8-14(21)10-15(22)9-13/h6-10,20-22H,4-5H2,1-3H3,(H,19,23). The Morgan fingerprint density at radius 1 is 1.00 bits per heavy atom. The SMILES string of the molecule is COc1cc(C)c(C)cc1S(=O)(=O)NCCNC(=O)c1cc(O)cc(O)c1. The number of hydrogen-bond acceptors (Lipinski definition) is 6. The molecule has 8 nitrogen and oxygen atoms in total. The van der Waals surface area contributed by atoms with Gasteiger partial charge >= 0.3 is 0 Å². The minimum Gasteiger partial charge on any atom is -0.508 e. The van der Waals surface area contributed by atoms with Crippen LogP contribution in [0.1, 0.15) is 21.5 Å². The van der Waals surface area contributed by atoms with Crippen LogP contribution in [-0.2, 0) is 10.0 Å². The zero-order chi connectivity index (χ0) is 20.2. The fourth-order valence-corrected chi connectivity index (χ4v) is 3.67. The van der Waals surface area contributed by atoms with Crippen molar-refractivity contribution in [3.05, 3.63) is 47.0 Å². The number of carbonyl (C=O) groups is 1. The molecule has 0 unspecified atom stereocenters. The van der Waals surface area contributed by atoms with Crippen LogP contribution >= 0.6 is 0 Å². The van der Waals surface area contributed by atoms with Crippen LogP contribution in [0.2, 0.25) is 0 Å². The molecule has 0 fully saturated rings. The number of methoxy groups -OCH3 is 1. The van der Waals surface area contributed by atoms with E-state index in [0.717, 1.165) is 17.2 Å². The largest absolute Gasteiger partial charge is 0.508 e. The number of hydrogen-bond donors (Lipinski definition) is 4. The van der Waals surface area contributed by atoms with Gasteiger partial charge in [-0.3, -0.25) is 4.79 Å². The fourth-order valence-electron chi connectivity index (χ4n) is 2.40. The molecule has 0 aliphatic heterocycles. The van der Waals surface area contributed by atoms with E-state index < -0.39 is 15.9 Å². The topological polar surface area (TPSA) is 125 Å². The second-order valence-corrected chi connectivity index (χ2v) is 7.71. The number of rotatable bonds is 7. The van der Waals surface area contributed by atoms with Gasteiger partial charge in [0.2, 0.25) is 10.0 Å². The zero-order valence-corrected chi connectivity index (χ0v) is 16.1. The van der Waals surface area contributed by atoms with E-state index in [4.69, 9.17) is 4.74 Å². The molecular formula is C18H22N2O6S. The number of sulfonamides is 1. The molecule has 0 aliphatic carbocycles. The van der Waals surface area contributed by atoms with E-state index in [1.807, 2.05) is 6.92 Å². The van der Waals surface area contributed by atoms with Gasteiger partial charge < -0.3 is 20.3 Å². The molecule has 2 rings (SSSR count). The number of aryl methyl sites for hydroxylation is 2. The van der Waals surface area contributed by atoms with Crippen LogP contribution in [0.5, 0.6) is 17.2 Å². The lowest BCUT2D eigenvalue weighted by atomic mass is 10.1. The lowest BCUT2D eigenvalue weighted by Crippen LogP contribution is -2.34. The predicted molar refractivity (Wildman–Crippen MR) is 99.8 cm³/mol. The summed E-state index contributed by atoms with van der Waals surface area (Å²) < 4.78 is 32.6. The average molecular weight is 394 g/mol. The number of benzene rings is 2. The smallest absolute Gasteiger partial charge is 0.251 e. The average Bonchev–Trinajstić information content (AvgIpc) is 2.59. The van der Waals surface area contributed by atoms with E-state index in [-0.39, 0.29) is 40.8 Å². The summed E-state index contributed by atoms with van der Waals surface area (Å²) in [5, 5.41) is 21.3. The molecule has 0 aliphatic rings. The number of amides is 1. The third-order valence-corrected chi connectivity index (χ3v) is 5.42. The first kappa shape index (κ1) is 20.5. The lowest BCUT2D eigenvalue weighted by molar-refractivity contribution is 0.0953. The summed E-state index contributed by atoms with van der Waals surface area (Å²) >= 11 is 0. The highest BCUT2D eigenvalue weighted by Crippen LogP contribution is 2.27. The van der Waals surface area contributed by atoms with Crippen LogP contribution < -0.4 is 14.8 Å². The van der Waals surface area contributed by atoms with Gasteiger partial charge in [0.15, 0.2) is 0 Å². The van der Waals surface area contributed by atoms with Gasteiger partial charge in [-0.1, -0.05) is 0 Å². The van der Waals surface area contributed by atoms with E-state index >= 15 is 0 Å². The molecule has 0 saturated heterocycles. The molecule has 0 aromatic heterocycles. The van der Waals surface area contributed by atoms with Crippen molar-refractivity contribution in [1.29, 1.82) is 0 Å². The summed E-state index contributed by atoms with van der Waals surface area (Å²) in [6.07, 6.45) is 0. The minimum absolute atomic E-state index is 0.0155. The highest BCUT2D eigenvalue weighted by Gasteiger charge is 2.20. The van der Waals surface area contributed by atoms with Crippen molar-refractivity contribution in [1.82, 2.24) is 10.0 Å². The number of carbonyl (C=O) groups excluding carboxylic acids is 1. The summed E-state index contributed by atoms with van der Waals surface area (Å²) in [6, 6.07) is 6.67. The van der Waals surface area contributed by atoms with Gasteiger partial charge in [-0.25, -0.2) is 13.1 Å². The number of phenolic OH excluding ortho intramolecular Hbond substituents is 2. The molecule has 0 atom stereocenters. The van der Waals surface area contributed by atoms with Crippen molar-refractivity contribution >= 4 is 15.9 Å². The lowest BCUT2D eigenvalue weighted by Gasteiger charge is -2.13. The first-order chi connectivity index (χ1) is 12.6. The number of nitrogens with one attached hydrogen (secondary N) is 2. The number of phenols is 2. The molecule has 2 aromatic carbocycles. The maximum Gasteiger partial charge on any atom is 0.251 e. The van der Waals surface area contributed by atoms with Gasteiger partial charge in [0, 0.05) is 24.7 Å². The van der Waals surface area contributed by atoms with E-state index in [9.17, 15) is 23.4 Å². The third-order valence-electron chi connectivity index (χ3n) is 3.94. The summed E-state index contributed by atoms with van der Waals surface area (Å²) in [6.45, 7) is 3.63. The summed E-state index contributed by atoms with van der Waals surface area (Å²) in [7, 11) is -2.43. The highest BCUT2D eigenvalue weighted by molar-refractivity contribution is 7.89. The van der Waals surface area contributed by atoms with Crippen LogP contribution in [-0.4, -0.2) is 44.7 Å². The van der Waals surface area contributed by atoms with Gasteiger partial charge in [0.1, 0.15) is 22.1 Å². The Bertz CT molecular complexity index is 936. The van der Waals surface area contributed by atoms with Crippen molar-refractivity contribution in [2.75, 3.05) is 20.2 Å². The maximum atomic E-state index is 12.5. The molecule has 2 aromatic rings. The van der Waals surface area contributed by atoms with Crippen molar-refractivity contribution in [3.63, 3.8) is 0 Å². The highest BCUT2D eigenvalue weighted by atomic mass is 32.2. The van der Waals surface area contributed by atoms with E-state index in [2.05, 4.69) is 10.0 Å². The maximum absolute atomic E-state index is 12.5. The Hall–Kier alpha value is -2.78. The van der Waals surface area contributed by atoms with Crippen molar-refractivity contribution in [2.45, 2.75) is 18.7 Å². The Kier molecular flexibility index (Phi) is 6.29. The van der Waals surface area contributed by atoms with Crippen molar-refractivity contribution in [3.8, 4) is 17.2 Å². The van der Waals surface area contributed by atoms with Crippen molar-refractivity contribution < 1.29 is 28.2 Å². The Morgan fingerprint density at radius 2 is 1.59 bits per heavy atom.